The summed E-state index contributed by atoms with van der Waals surface area (Å²) in [5.74, 6) is -0.457. The number of carbonyl (C=O) groups excluding carboxylic acids is 2. The molecule has 1 aliphatic carbocycles. The third-order valence-corrected chi connectivity index (χ3v) is 6.16. The lowest BCUT2D eigenvalue weighted by Crippen LogP contribution is -2.55. The van der Waals surface area contributed by atoms with E-state index >= 15 is 0 Å². The van der Waals surface area contributed by atoms with Crippen molar-refractivity contribution in [2.24, 2.45) is 5.92 Å². The molecule has 0 unspecified atom stereocenters. The number of carboxylic acid groups (broad SMARTS) is 1. The van der Waals surface area contributed by atoms with Gasteiger partial charge in [-0.1, -0.05) is 18.6 Å². The van der Waals surface area contributed by atoms with Gasteiger partial charge in [-0.15, -0.1) is 0 Å². The summed E-state index contributed by atoms with van der Waals surface area (Å²) in [6, 6.07) is 7.28. The summed E-state index contributed by atoms with van der Waals surface area (Å²) in [4.78, 5) is 39.8. The van der Waals surface area contributed by atoms with Crippen molar-refractivity contribution in [1.29, 1.82) is 0 Å². The maximum absolute atomic E-state index is 12.9. The maximum atomic E-state index is 12.9. The first kappa shape index (κ1) is 17.8. The van der Waals surface area contributed by atoms with Crippen molar-refractivity contribution < 1.29 is 19.5 Å². The molecule has 7 heteroatoms. The van der Waals surface area contributed by atoms with Gasteiger partial charge in [-0.3, -0.25) is 14.5 Å². The summed E-state index contributed by atoms with van der Waals surface area (Å²) >= 11 is 0. The molecule has 7 nitrogen and oxygen atoms in total. The Bertz CT molecular complexity index is 766. The molecule has 3 amide bonds. The summed E-state index contributed by atoms with van der Waals surface area (Å²) in [6.45, 7) is 1.85. The quantitative estimate of drug-likeness (QED) is 0.773. The Hall–Kier alpha value is -2.57. The van der Waals surface area contributed by atoms with Gasteiger partial charge in [-0.2, -0.15) is 0 Å². The Labute approximate surface area is 158 Å². The van der Waals surface area contributed by atoms with E-state index in [1.165, 1.54) is 11.3 Å². The molecule has 1 aromatic carbocycles. The molecule has 2 saturated heterocycles. The molecular weight excluding hydrogens is 346 g/mol. The van der Waals surface area contributed by atoms with Crippen molar-refractivity contribution in [3.05, 3.63) is 29.8 Å². The zero-order valence-corrected chi connectivity index (χ0v) is 15.3. The lowest BCUT2D eigenvalue weighted by Gasteiger charge is -2.38. The minimum atomic E-state index is -0.851. The van der Waals surface area contributed by atoms with Gasteiger partial charge in [0.15, 0.2) is 0 Å². The van der Waals surface area contributed by atoms with Crippen LogP contribution >= 0.6 is 0 Å². The molecule has 4 rings (SSSR count). The minimum absolute atomic E-state index is 0.00368. The molecule has 2 aliphatic heterocycles. The molecule has 1 saturated carbocycles. The van der Waals surface area contributed by atoms with E-state index in [0.717, 1.165) is 24.1 Å². The number of nitrogens with one attached hydrogen (secondary N) is 1. The number of urea groups is 1. The zero-order valence-electron chi connectivity index (χ0n) is 15.3. The molecule has 1 spiro atoms. The van der Waals surface area contributed by atoms with E-state index in [2.05, 4.69) is 10.2 Å². The monoisotopic (exact) mass is 371 g/mol. The number of nitrogens with zero attached hydrogens (tertiary/aromatic N) is 2. The van der Waals surface area contributed by atoms with Crippen LogP contribution in [0.15, 0.2) is 24.3 Å². The van der Waals surface area contributed by atoms with Crippen LogP contribution in [0.25, 0.3) is 0 Å². The van der Waals surface area contributed by atoms with E-state index in [1.54, 1.807) is 0 Å². The highest BCUT2D eigenvalue weighted by molar-refractivity contribution is 6.07. The number of carbonyl (C=O) groups is 3. The minimum Gasteiger partial charge on any atom is -0.481 e. The fraction of sp³-hybridized carbons (Fsp3) is 0.550. The van der Waals surface area contributed by atoms with Crippen molar-refractivity contribution >= 4 is 23.6 Å². The van der Waals surface area contributed by atoms with Gasteiger partial charge in [0, 0.05) is 25.3 Å². The van der Waals surface area contributed by atoms with Crippen LogP contribution in [0.3, 0.4) is 0 Å². The Morgan fingerprint density at radius 3 is 2.59 bits per heavy atom. The van der Waals surface area contributed by atoms with E-state index in [0.29, 0.717) is 38.4 Å². The lowest BCUT2D eigenvalue weighted by atomic mass is 9.84. The largest absolute Gasteiger partial charge is 0.481 e. The highest BCUT2D eigenvalue weighted by Crippen LogP contribution is 2.34. The smallest absolute Gasteiger partial charge is 0.325 e. The Morgan fingerprint density at radius 2 is 1.96 bits per heavy atom. The average molecular weight is 371 g/mol. The van der Waals surface area contributed by atoms with E-state index in [-0.39, 0.29) is 18.4 Å². The summed E-state index contributed by atoms with van der Waals surface area (Å²) in [6.07, 6.45) is 4.53. The van der Waals surface area contributed by atoms with Crippen LogP contribution in [0.4, 0.5) is 10.5 Å². The van der Waals surface area contributed by atoms with Crippen LogP contribution in [0, 0.1) is 5.92 Å². The van der Waals surface area contributed by atoms with E-state index in [9.17, 15) is 14.4 Å². The fourth-order valence-corrected chi connectivity index (χ4v) is 4.30. The van der Waals surface area contributed by atoms with Gasteiger partial charge in [0.05, 0.1) is 6.42 Å². The number of aliphatic carboxylic acids is 1. The number of piperidine rings is 1. The van der Waals surface area contributed by atoms with Gasteiger partial charge in [0.2, 0.25) is 0 Å². The molecule has 0 bridgehead atoms. The number of carboxylic acids is 1. The normalized spacial score (nSPS) is 22.1. The molecule has 0 aromatic heterocycles. The summed E-state index contributed by atoms with van der Waals surface area (Å²) in [7, 11) is 0. The number of amides is 3. The topological polar surface area (TPSA) is 89.9 Å². The standard InChI is InChI=1S/C20H25N3O4/c24-17(25)12-15-5-2-6-16(11-15)22-9-7-20(8-10-22)18(26)23(19(27)21-20)13-14-3-1-4-14/h2,5-6,11,14H,1,3-4,7-10,12-13H2,(H,21,27)(H,24,25). The predicted octanol–water partition coefficient (Wildman–Crippen LogP) is 2.00. The Kier molecular flexibility index (Phi) is 4.53. The number of benzene rings is 1. The second-order valence-corrected chi connectivity index (χ2v) is 7.95. The van der Waals surface area contributed by atoms with Crippen LogP contribution < -0.4 is 10.2 Å². The third-order valence-electron chi connectivity index (χ3n) is 6.16. The predicted molar refractivity (Wildman–Crippen MR) is 99.5 cm³/mol. The first-order chi connectivity index (χ1) is 13.0. The molecule has 1 aromatic rings. The molecule has 3 aliphatic rings. The second kappa shape index (κ2) is 6.87. The molecular formula is C20H25N3O4. The molecule has 144 valence electrons. The highest BCUT2D eigenvalue weighted by atomic mass is 16.4. The third kappa shape index (κ3) is 3.38. The zero-order chi connectivity index (χ0) is 19.0. The molecule has 2 heterocycles. The Morgan fingerprint density at radius 1 is 1.22 bits per heavy atom. The van der Waals surface area contributed by atoms with Crippen LogP contribution in [0.1, 0.15) is 37.7 Å². The van der Waals surface area contributed by atoms with Crippen LogP contribution in [-0.2, 0) is 16.0 Å². The van der Waals surface area contributed by atoms with Crippen molar-refractivity contribution in [2.75, 3.05) is 24.5 Å². The van der Waals surface area contributed by atoms with Gasteiger partial charge in [0.1, 0.15) is 5.54 Å². The van der Waals surface area contributed by atoms with Gasteiger partial charge in [-0.25, -0.2) is 4.79 Å². The van der Waals surface area contributed by atoms with Crippen LogP contribution in [-0.4, -0.2) is 53.1 Å². The van der Waals surface area contributed by atoms with Crippen molar-refractivity contribution in [3.63, 3.8) is 0 Å². The van der Waals surface area contributed by atoms with Crippen molar-refractivity contribution in [2.45, 2.75) is 44.1 Å². The summed E-state index contributed by atoms with van der Waals surface area (Å²) in [5, 5.41) is 11.9. The number of anilines is 1. The average Bonchev–Trinajstić information content (AvgIpc) is 2.82. The van der Waals surface area contributed by atoms with E-state index in [4.69, 9.17) is 5.11 Å². The van der Waals surface area contributed by atoms with Gasteiger partial charge < -0.3 is 15.3 Å². The maximum Gasteiger partial charge on any atom is 0.325 e. The fourth-order valence-electron chi connectivity index (χ4n) is 4.30. The van der Waals surface area contributed by atoms with Gasteiger partial charge in [0.25, 0.3) is 5.91 Å². The highest BCUT2D eigenvalue weighted by Gasteiger charge is 2.52. The number of rotatable bonds is 5. The number of hydrogen-bond donors (Lipinski definition) is 2. The summed E-state index contributed by atoms with van der Waals surface area (Å²) < 4.78 is 0. The molecule has 27 heavy (non-hydrogen) atoms. The van der Waals surface area contributed by atoms with Gasteiger partial charge in [-0.05, 0) is 49.3 Å². The second-order valence-electron chi connectivity index (χ2n) is 7.95. The SMILES string of the molecule is O=C(O)Cc1cccc(N2CCC3(CC2)NC(=O)N(CC2CCC2)C3=O)c1. The molecule has 2 N–H and O–H groups in total. The lowest BCUT2D eigenvalue weighted by molar-refractivity contribution is -0.136. The Balaban J connectivity index is 1.42. The molecule has 0 radical (unpaired) electrons. The van der Waals surface area contributed by atoms with Crippen molar-refractivity contribution in [3.8, 4) is 0 Å². The van der Waals surface area contributed by atoms with Crippen LogP contribution in [0.5, 0.6) is 0 Å². The van der Waals surface area contributed by atoms with E-state index in [1.807, 2.05) is 24.3 Å². The first-order valence-corrected chi connectivity index (χ1v) is 9.67. The van der Waals surface area contributed by atoms with Crippen molar-refractivity contribution in [1.82, 2.24) is 10.2 Å². The van der Waals surface area contributed by atoms with Gasteiger partial charge >= 0.3 is 12.0 Å². The molecule has 0 atom stereocenters. The number of hydrogen-bond acceptors (Lipinski definition) is 4. The van der Waals surface area contributed by atoms with E-state index < -0.39 is 11.5 Å². The molecule has 3 fully saturated rings. The first-order valence-electron chi connectivity index (χ1n) is 9.67. The van der Waals surface area contributed by atoms with Crippen LogP contribution in [0.2, 0.25) is 0 Å². The number of imide groups is 1. The summed E-state index contributed by atoms with van der Waals surface area (Å²) in [5.41, 5.74) is 0.958.